The second kappa shape index (κ2) is 5.78. The average molecular weight is 251 g/mol. The molecule has 2 aromatic rings. The van der Waals surface area contributed by atoms with Crippen LogP contribution in [0.1, 0.15) is 27.0 Å². The summed E-state index contributed by atoms with van der Waals surface area (Å²) >= 11 is 0. The van der Waals surface area contributed by atoms with Gasteiger partial charge in [-0.1, -0.05) is 29.8 Å². The van der Waals surface area contributed by atoms with Crippen molar-refractivity contribution in [1.29, 1.82) is 5.26 Å². The van der Waals surface area contributed by atoms with Gasteiger partial charge in [-0.15, -0.1) is 0 Å². The van der Waals surface area contributed by atoms with Crippen LogP contribution in [0.15, 0.2) is 42.7 Å². The maximum absolute atomic E-state index is 11.9. The second-order valence-electron chi connectivity index (χ2n) is 4.25. The van der Waals surface area contributed by atoms with Gasteiger partial charge in [0, 0.05) is 18.9 Å². The van der Waals surface area contributed by atoms with Crippen molar-refractivity contribution < 1.29 is 4.79 Å². The number of pyridine rings is 1. The van der Waals surface area contributed by atoms with Gasteiger partial charge in [0.25, 0.3) is 5.91 Å². The number of hydrogen-bond donors (Lipinski definition) is 1. The van der Waals surface area contributed by atoms with Crippen LogP contribution in [0.5, 0.6) is 0 Å². The monoisotopic (exact) mass is 251 g/mol. The van der Waals surface area contributed by atoms with Gasteiger partial charge in [-0.05, 0) is 18.6 Å². The first-order valence-electron chi connectivity index (χ1n) is 5.88. The quantitative estimate of drug-likeness (QED) is 0.909. The largest absolute Gasteiger partial charge is 0.348 e. The Balaban J connectivity index is 2.03. The minimum Gasteiger partial charge on any atom is -0.348 e. The molecule has 0 atom stereocenters. The summed E-state index contributed by atoms with van der Waals surface area (Å²) in [5, 5.41) is 11.6. The number of aromatic nitrogens is 1. The zero-order chi connectivity index (χ0) is 13.7. The van der Waals surface area contributed by atoms with Crippen molar-refractivity contribution in [2.75, 3.05) is 0 Å². The Morgan fingerprint density at radius 3 is 2.95 bits per heavy atom. The van der Waals surface area contributed by atoms with E-state index in [4.69, 9.17) is 5.26 Å². The van der Waals surface area contributed by atoms with Crippen LogP contribution in [0.4, 0.5) is 0 Å². The average Bonchev–Trinajstić information content (AvgIpc) is 2.45. The van der Waals surface area contributed by atoms with Gasteiger partial charge in [-0.3, -0.25) is 9.78 Å². The van der Waals surface area contributed by atoms with Crippen LogP contribution >= 0.6 is 0 Å². The van der Waals surface area contributed by atoms with Crippen molar-refractivity contribution in [3.8, 4) is 6.07 Å². The SMILES string of the molecule is Cc1cccc(CNC(=O)c2cncc(C#N)c2)c1. The maximum Gasteiger partial charge on any atom is 0.253 e. The zero-order valence-electron chi connectivity index (χ0n) is 10.6. The summed E-state index contributed by atoms with van der Waals surface area (Å²) in [5.74, 6) is -0.230. The third-order valence-electron chi connectivity index (χ3n) is 2.67. The van der Waals surface area contributed by atoms with Gasteiger partial charge >= 0.3 is 0 Å². The van der Waals surface area contributed by atoms with E-state index in [1.54, 1.807) is 0 Å². The molecule has 2 rings (SSSR count). The van der Waals surface area contributed by atoms with E-state index in [9.17, 15) is 4.79 Å². The predicted octanol–water partition coefficient (Wildman–Crippen LogP) is 2.19. The van der Waals surface area contributed by atoms with E-state index >= 15 is 0 Å². The van der Waals surface area contributed by atoms with Gasteiger partial charge in [0.1, 0.15) is 6.07 Å². The number of rotatable bonds is 3. The van der Waals surface area contributed by atoms with E-state index in [1.807, 2.05) is 37.3 Å². The fourth-order valence-corrected chi connectivity index (χ4v) is 1.73. The van der Waals surface area contributed by atoms with E-state index in [1.165, 1.54) is 18.5 Å². The van der Waals surface area contributed by atoms with Gasteiger partial charge in [-0.2, -0.15) is 5.26 Å². The molecule has 4 heteroatoms. The number of hydrogen-bond acceptors (Lipinski definition) is 3. The molecule has 0 unspecified atom stereocenters. The smallest absolute Gasteiger partial charge is 0.253 e. The lowest BCUT2D eigenvalue weighted by Crippen LogP contribution is -2.23. The summed E-state index contributed by atoms with van der Waals surface area (Å²) in [6, 6.07) is 11.4. The van der Waals surface area contributed by atoms with Crippen molar-refractivity contribution in [3.63, 3.8) is 0 Å². The molecule has 1 heterocycles. The van der Waals surface area contributed by atoms with Gasteiger partial charge in [0.05, 0.1) is 11.1 Å². The van der Waals surface area contributed by atoms with Crippen LogP contribution in [0.2, 0.25) is 0 Å². The van der Waals surface area contributed by atoms with E-state index in [0.717, 1.165) is 11.1 Å². The molecule has 0 bridgehead atoms. The molecule has 0 aliphatic heterocycles. The van der Waals surface area contributed by atoms with Crippen LogP contribution < -0.4 is 5.32 Å². The van der Waals surface area contributed by atoms with Crippen LogP contribution in [-0.4, -0.2) is 10.9 Å². The number of nitriles is 1. The number of carbonyl (C=O) groups excluding carboxylic acids is 1. The highest BCUT2D eigenvalue weighted by atomic mass is 16.1. The van der Waals surface area contributed by atoms with Crippen LogP contribution in [0.25, 0.3) is 0 Å². The van der Waals surface area contributed by atoms with Crippen molar-refractivity contribution in [3.05, 3.63) is 65.0 Å². The highest BCUT2D eigenvalue weighted by molar-refractivity contribution is 5.94. The third-order valence-corrected chi connectivity index (χ3v) is 2.67. The van der Waals surface area contributed by atoms with Crippen LogP contribution in [0.3, 0.4) is 0 Å². The number of nitrogens with zero attached hydrogens (tertiary/aromatic N) is 2. The second-order valence-corrected chi connectivity index (χ2v) is 4.25. The number of carbonyl (C=O) groups is 1. The van der Waals surface area contributed by atoms with E-state index in [-0.39, 0.29) is 5.91 Å². The van der Waals surface area contributed by atoms with Crippen molar-refractivity contribution in [1.82, 2.24) is 10.3 Å². The molecule has 0 radical (unpaired) electrons. The summed E-state index contributed by atoms with van der Waals surface area (Å²) in [7, 11) is 0. The molecule has 1 amide bonds. The Morgan fingerprint density at radius 2 is 2.21 bits per heavy atom. The Bertz CT molecular complexity index is 644. The van der Waals surface area contributed by atoms with Gasteiger partial charge in [-0.25, -0.2) is 0 Å². The lowest BCUT2D eigenvalue weighted by molar-refractivity contribution is 0.0950. The number of benzene rings is 1. The lowest BCUT2D eigenvalue weighted by atomic mass is 10.1. The fourth-order valence-electron chi connectivity index (χ4n) is 1.73. The van der Waals surface area contributed by atoms with Crippen molar-refractivity contribution >= 4 is 5.91 Å². The third kappa shape index (κ3) is 3.39. The van der Waals surface area contributed by atoms with Crippen LogP contribution in [0, 0.1) is 18.3 Å². The minimum absolute atomic E-state index is 0.230. The summed E-state index contributed by atoms with van der Waals surface area (Å²) in [6.07, 6.45) is 2.88. The summed E-state index contributed by atoms with van der Waals surface area (Å²) < 4.78 is 0. The first kappa shape index (κ1) is 12.8. The van der Waals surface area contributed by atoms with E-state index < -0.39 is 0 Å². The zero-order valence-corrected chi connectivity index (χ0v) is 10.6. The first-order chi connectivity index (χ1) is 9.19. The van der Waals surface area contributed by atoms with Crippen molar-refractivity contribution in [2.24, 2.45) is 0 Å². The summed E-state index contributed by atoms with van der Waals surface area (Å²) in [6.45, 7) is 2.46. The molecule has 0 fully saturated rings. The summed E-state index contributed by atoms with van der Waals surface area (Å²) in [5.41, 5.74) is 2.97. The topological polar surface area (TPSA) is 65.8 Å². The fraction of sp³-hybridized carbons (Fsp3) is 0.133. The molecule has 1 aromatic heterocycles. The van der Waals surface area contributed by atoms with Gasteiger partial charge < -0.3 is 5.32 Å². The number of nitrogens with one attached hydrogen (secondary N) is 1. The van der Waals surface area contributed by atoms with Gasteiger partial charge in [0.15, 0.2) is 0 Å². The molecule has 19 heavy (non-hydrogen) atoms. The van der Waals surface area contributed by atoms with Crippen molar-refractivity contribution in [2.45, 2.75) is 13.5 Å². The molecule has 0 saturated carbocycles. The highest BCUT2D eigenvalue weighted by Gasteiger charge is 2.06. The number of aryl methyl sites for hydroxylation is 1. The molecule has 0 aliphatic carbocycles. The first-order valence-corrected chi connectivity index (χ1v) is 5.88. The molecule has 0 aliphatic rings. The minimum atomic E-state index is -0.230. The maximum atomic E-state index is 11.9. The Hall–Kier alpha value is -2.67. The Labute approximate surface area is 111 Å². The molecule has 94 valence electrons. The highest BCUT2D eigenvalue weighted by Crippen LogP contribution is 2.05. The molecule has 0 spiro atoms. The molecular formula is C15H13N3O. The normalized spacial score (nSPS) is 9.68. The van der Waals surface area contributed by atoms with E-state index in [0.29, 0.717) is 17.7 Å². The summed E-state index contributed by atoms with van der Waals surface area (Å²) in [4.78, 5) is 15.8. The van der Waals surface area contributed by atoms with Gasteiger partial charge in [0.2, 0.25) is 0 Å². The molecule has 1 N–H and O–H groups in total. The lowest BCUT2D eigenvalue weighted by Gasteiger charge is -2.06. The van der Waals surface area contributed by atoms with E-state index in [2.05, 4.69) is 10.3 Å². The predicted molar refractivity (Wildman–Crippen MR) is 71.3 cm³/mol. The molecule has 4 nitrogen and oxygen atoms in total. The molecule has 1 aromatic carbocycles. The standard InChI is InChI=1S/C15H13N3O/c1-11-3-2-4-12(5-11)9-18-15(19)14-6-13(7-16)8-17-10-14/h2-6,8,10H,9H2,1H3,(H,18,19). The molecule has 0 saturated heterocycles. The molecular weight excluding hydrogens is 238 g/mol. The van der Waals surface area contributed by atoms with Crippen LogP contribution in [-0.2, 0) is 6.54 Å². The Kier molecular flexibility index (Phi) is 3.89. The number of amides is 1. The Morgan fingerprint density at radius 1 is 1.37 bits per heavy atom.